The summed E-state index contributed by atoms with van der Waals surface area (Å²) in [5.74, 6) is 0.233. The quantitative estimate of drug-likeness (QED) is 0.732. The first-order chi connectivity index (χ1) is 12.5. The van der Waals surface area contributed by atoms with Gasteiger partial charge in [-0.25, -0.2) is 0 Å². The molecule has 1 aliphatic carbocycles. The minimum absolute atomic E-state index is 0.0323. The Bertz CT molecular complexity index is 638. The maximum Gasteiger partial charge on any atom is 0.242 e. The molecule has 142 valence electrons. The summed E-state index contributed by atoms with van der Waals surface area (Å²) in [6.07, 6.45) is 5.79. The second-order valence-corrected chi connectivity index (χ2v) is 8.09. The summed E-state index contributed by atoms with van der Waals surface area (Å²) in [5, 5.41) is 9.45. The van der Waals surface area contributed by atoms with E-state index in [0.717, 1.165) is 12.8 Å². The summed E-state index contributed by atoms with van der Waals surface area (Å²) in [5.41, 5.74) is 2.46. The molecule has 0 aromatic heterocycles. The van der Waals surface area contributed by atoms with E-state index in [2.05, 4.69) is 41.9 Å². The molecule has 1 fully saturated rings. The fourth-order valence-electron chi connectivity index (χ4n) is 3.99. The van der Waals surface area contributed by atoms with Crippen LogP contribution in [-0.2, 0) is 22.6 Å². The van der Waals surface area contributed by atoms with Crippen LogP contribution in [0.15, 0.2) is 24.3 Å². The van der Waals surface area contributed by atoms with Gasteiger partial charge in [-0.1, -0.05) is 51.0 Å². The van der Waals surface area contributed by atoms with Crippen LogP contribution in [0.3, 0.4) is 0 Å². The first kappa shape index (κ1) is 18.9. The lowest BCUT2D eigenvalue weighted by atomic mass is 9.95. The smallest absolute Gasteiger partial charge is 0.242 e. The molecule has 1 heterocycles. The molecule has 3 N–H and O–H groups in total. The molecule has 5 nitrogen and oxygen atoms in total. The van der Waals surface area contributed by atoms with E-state index in [1.54, 1.807) is 0 Å². The average Bonchev–Trinajstić information content (AvgIpc) is 3.13. The Kier molecular flexibility index (Phi) is 6.30. The van der Waals surface area contributed by atoms with Crippen LogP contribution in [0, 0.1) is 5.92 Å². The van der Waals surface area contributed by atoms with Crippen molar-refractivity contribution in [1.29, 1.82) is 0 Å². The highest BCUT2D eigenvalue weighted by atomic mass is 16.2. The molecule has 0 bridgehead atoms. The average molecular weight is 357 g/mol. The molecule has 1 aromatic rings. The first-order valence-corrected chi connectivity index (χ1v) is 9.94. The number of amides is 2. The fraction of sp³-hybridized carbons (Fsp3) is 0.619. The van der Waals surface area contributed by atoms with Gasteiger partial charge < -0.3 is 16.0 Å². The van der Waals surface area contributed by atoms with Crippen LogP contribution in [0.2, 0.25) is 0 Å². The van der Waals surface area contributed by atoms with Crippen molar-refractivity contribution in [3.8, 4) is 0 Å². The molecule has 0 radical (unpaired) electrons. The predicted octanol–water partition coefficient (Wildman–Crippen LogP) is 2.29. The van der Waals surface area contributed by atoms with Crippen molar-refractivity contribution in [2.75, 3.05) is 0 Å². The van der Waals surface area contributed by atoms with Crippen LogP contribution in [0.1, 0.15) is 57.1 Å². The molecule has 26 heavy (non-hydrogen) atoms. The summed E-state index contributed by atoms with van der Waals surface area (Å²) >= 11 is 0. The highest BCUT2D eigenvalue weighted by Crippen LogP contribution is 2.19. The number of hydrogen-bond acceptors (Lipinski definition) is 3. The van der Waals surface area contributed by atoms with Crippen LogP contribution in [0.4, 0.5) is 0 Å². The fourth-order valence-corrected chi connectivity index (χ4v) is 3.99. The lowest BCUT2D eigenvalue weighted by Crippen LogP contribution is -2.55. The van der Waals surface area contributed by atoms with E-state index >= 15 is 0 Å². The van der Waals surface area contributed by atoms with Crippen molar-refractivity contribution in [1.82, 2.24) is 16.0 Å². The molecule has 2 aliphatic rings. The lowest BCUT2D eigenvalue weighted by molar-refractivity contribution is -0.130. The number of fused-ring (bicyclic) bond motifs is 1. The normalized spacial score (nSPS) is 21.3. The Morgan fingerprint density at radius 1 is 1.15 bits per heavy atom. The molecule has 5 heteroatoms. The number of carbonyl (C=O) groups is 2. The highest BCUT2D eigenvalue weighted by Gasteiger charge is 2.29. The van der Waals surface area contributed by atoms with Crippen LogP contribution < -0.4 is 16.0 Å². The predicted molar refractivity (Wildman–Crippen MR) is 103 cm³/mol. The lowest BCUT2D eigenvalue weighted by Gasteiger charge is -2.28. The third-order valence-corrected chi connectivity index (χ3v) is 5.44. The maximum absolute atomic E-state index is 12.8. The van der Waals surface area contributed by atoms with E-state index in [4.69, 9.17) is 0 Å². The molecular formula is C21H31N3O2. The second kappa shape index (κ2) is 8.67. The molecule has 0 unspecified atom stereocenters. The van der Waals surface area contributed by atoms with Gasteiger partial charge in [0.1, 0.15) is 6.04 Å². The van der Waals surface area contributed by atoms with Gasteiger partial charge in [-0.05, 0) is 42.7 Å². The summed E-state index contributed by atoms with van der Waals surface area (Å²) in [7, 11) is 0. The van der Waals surface area contributed by atoms with Crippen molar-refractivity contribution in [3.05, 3.63) is 35.4 Å². The van der Waals surface area contributed by atoms with Crippen LogP contribution in [0.25, 0.3) is 0 Å². The van der Waals surface area contributed by atoms with Gasteiger partial charge in [0.2, 0.25) is 11.8 Å². The van der Waals surface area contributed by atoms with E-state index in [1.165, 1.54) is 24.0 Å². The van der Waals surface area contributed by atoms with Crippen molar-refractivity contribution in [2.45, 2.75) is 77.0 Å². The van der Waals surface area contributed by atoms with E-state index in [1.807, 2.05) is 12.1 Å². The number of carbonyl (C=O) groups excluding carboxylic acids is 2. The van der Waals surface area contributed by atoms with Crippen LogP contribution in [0.5, 0.6) is 0 Å². The molecule has 0 saturated heterocycles. The van der Waals surface area contributed by atoms with E-state index < -0.39 is 6.04 Å². The van der Waals surface area contributed by atoms with Crippen LogP contribution >= 0.6 is 0 Å². The van der Waals surface area contributed by atoms with Crippen molar-refractivity contribution in [3.63, 3.8) is 0 Å². The second-order valence-electron chi connectivity index (χ2n) is 8.09. The van der Waals surface area contributed by atoms with E-state index in [-0.39, 0.29) is 23.9 Å². The molecule has 3 rings (SSSR count). The van der Waals surface area contributed by atoms with Crippen LogP contribution in [-0.4, -0.2) is 29.9 Å². The Labute approximate surface area is 156 Å². The number of rotatable bonds is 6. The van der Waals surface area contributed by atoms with Crippen molar-refractivity contribution in [2.24, 2.45) is 5.92 Å². The van der Waals surface area contributed by atoms with Gasteiger partial charge in [0, 0.05) is 12.6 Å². The SMILES string of the molecule is CC(C)C[C@H](NC(=O)[C@@H]1Cc2ccccc2CN1)C(=O)NC1CCCC1. The highest BCUT2D eigenvalue weighted by molar-refractivity contribution is 5.90. The van der Waals surface area contributed by atoms with Crippen molar-refractivity contribution < 1.29 is 9.59 Å². The van der Waals surface area contributed by atoms with E-state index in [0.29, 0.717) is 25.3 Å². The van der Waals surface area contributed by atoms with Gasteiger partial charge in [0.15, 0.2) is 0 Å². The summed E-state index contributed by atoms with van der Waals surface area (Å²) in [6, 6.07) is 7.74. The molecule has 1 saturated carbocycles. The van der Waals surface area contributed by atoms with Gasteiger partial charge in [0.25, 0.3) is 0 Å². The van der Waals surface area contributed by atoms with Gasteiger partial charge in [-0.3, -0.25) is 9.59 Å². The van der Waals surface area contributed by atoms with Gasteiger partial charge in [0.05, 0.1) is 6.04 Å². The Morgan fingerprint density at radius 2 is 1.85 bits per heavy atom. The zero-order chi connectivity index (χ0) is 18.5. The molecule has 1 aliphatic heterocycles. The molecule has 2 atom stereocenters. The third-order valence-electron chi connectivity index (χ3n) is 5.44. The molecule has 1 aromatic carbocycles. The third kappa shape index (κ3) is 4.85. The molecule has 0 spiro atoms. The minimum atomic E-state index is -0.456. The van der Waals surface area contributed by atoms with Gasteiger partial charge in [-0.15, -0.1) is 0 Å². The number of nitrogens with one attached hydrogen (secondary N) is 3. The zero-order valence-corrected chi connectivity index (χ0v) is 15.9. The Morgan fingerprint density at radius 3 is 2.54 bits per heavy atom. The largest absolute Gasteiger partial charge is 0.352 e. The number of benzene rings is 1. The van der Waals surface area contributed by atoms with Crippen molar-refractivity contribution >= 4 is 11.8 Å². The van der Waals surface area contributed by atoms with Gasteiger partial charge in [-0.2, -0.15) is 0 Å². The topological polar surface area (TPSA) is 70.2 Å². The monoisotopic (exact) mass is 357 g/mol. The maximum atomic E-state index is 12.8. The summed E-state index contributed by atoms with van der Waals surface area (Å²) < 4.78 is 0. The Balaban J connectivity index is 1.60. The van der Waals surface area contributed by atoms with Gasteiger partial charge >= 0.3 is 0 Å². The summed E-state index contributed by atoms with van der Waals surface area (Å²) in [6.45, 7) is 4.85. The number of hydrogen-bond donors (Lipinski definition) is 3. The minimum Gasteiger partial charge on any atom is -0.352 e. The molecule has 2 amide bonds. The first-order valence-electron chi connectivity index (χ1n) is 9.94. The standard InChI is InChI=1S/C21H31N3O2/c1-14(2)11-19(21(26)23-17-9-5-6-10-17)24-20(25)18-12-15-7-3-4-8-16(15)13-22-18/h3-4,7-8,14,17-19,22H,5-6,9-13H2,1-2H3,(H,23,26)(H,24,25)/t18-,19-/m0/s1. The summed E-state index contributed by atoms with van der Waals surface area (Å²) in [4.78, 5) is 25.5. The molecular weight excluding hydrogens is 326 g/mol. The zero-order valence-electron chi connectivity index (χ0n) is 15.9. The Hall–Kier alpha value is -1.88. The van der Waals surface area contributed by atoms with E-state index in [9.17, 15) is 9.59 Å².